The Labute approximate surface area is 130 Å². The van der Waals surface area contributed by atoms with Crippen LogP contribution in [0.4, 0.5) is 10.2 Å². The largest absolute Gasteiger partial charge is 0.356 e. The van der Waals surface area contributed by atoms with Gasteiger partial charge < -0.3 is 4.90 Å². The van der Waals surface area contributed by atoms with Gasteiger partial charge in [0.05, 0.1) is 11.3 Å². The lowest BCUT2D eigenvalue weighted by molar-refractivity contribution is 0.628. The molecule has 0 amide bonds. The quantitative estimate of drug-likeness (QED) is 0.836. The van der Waals surface area contributed by atoms with E-state index < -0.39 is 0 Å². The Hall–Kier alpha value is -2.41. The molecule has 1 aliphatic heterocycles. The number of aromatic nitrogens is 1. The molecular weight excluding hydrogens is 277 g/mol. The third-order valence-electron chi connectivity index (χ3n) is 4.04. The van der Waals surface area contributed by atoms with Crippen molar-refractivity contribution in [1.82, 2.24) is 4.98 Å². The second-order valence-electron chi connectivity index (χ2n) is 5.59. The van der Waals surface area contributed by atoms with E-state index in [0.29, 0.717) is 5.56 Å². The van der Waals surface area contributed by atoms with E-state index in [1.807, 2.05) is 12.1 Å². The zero-order chi connectivity index (χ0) is 15.4. The van der Waals surface area contributed by atoms with E-state index in [4.69, 9.17) is 0 Å². The van der Waals surface area contributed by atoms with Crippen LogP contribution in [0.25, 0.3) is 11.3 Å². The highest BCUT2D eigenvalue weighted by Gasteiger charge is 2.16. The second kappa shape index (κ2) is 6.57. The summed E-state index contributed by atoms with van der Waals surface area (Å²) in [7, 11) is 0. The minimum Gasteiger partial charge on any atom is -0.356 e. The minimum absolute atomic E-state index is 0.259. The van der Waals surface area contributed by atoms with Gasteiger partial charge in [-0.1, -0.05) is 12.8 Å². The molecule has 3 nitrogen and oxygen atoms in total. The minimum atomic E-state index is -0.259. The normalized spacial score (nSPS) is 15.2. The third-order valence-corrected chi connectivity index (χ3v) is 4.04. The van der Waals surface area contributed by atoms with Gasteiger partial charge in [0.25, 0.3) is 0 Å². The van der Waals surface area contributed by atoms with E-state index in [9.17, 15) is 9.65 Å². The highest BCUT2D eigenvalue weighted by Crippen LogP contribution is 2.26. The Morgan fingerprint density at radius 2 is 1.64 bits per heavy atom. The number of nitriles is 1. The maximum Gasteiger partial charge on any atom is 0.147 e. The summed E-state index contributed by atoms with van der Waals surface area (Å²) >= 11 is 0. The number of hydrogen-bond acceptors (Lipinski definition) is 3. The lowest BCUT2D eigenvalue weighted by atomic mass is 10.1. The first-order valence-corrected chi connectivity index (χ1v) is 7.70. The van der Waals surface area contributed by atoms with Crippen molar-refractivity contribution in [3.63, 3.8) is 0 Å². The lowest BCUT2D eigenvalue weighted by Gasteiger charge is -2.23. The van der Waals surface area contributed by atoms with Gasteiger partial charge in [-0.25, -0.2) is 9.37 Å². The van der Waals surface area contributed by atoms with Crippen molar-refractivity contribution in [2.75, 3.05) is 18.0 Å². The van der Waals surface area contributed by atoms with Crippen molar-refractivity contribution in [2.24, 2.45) is 0 Å². The van der Waals surface area contributed by atoms with Gasteiger partial charge >= 0.3 is 0 Å². The van der Waals surface area contributed by atoms with Crippen LogP contribution in [-0.4, -0.2) is 18.1 Å². The molecule has 0 N–H and O–H groups in total. The van der Waals surface area contributed by atoms with Crippen LogP contribution in [0.2, 0.25) is 0 Å². The molecule has 0 unspecified atom stereocenters. The topological polar surface area (TPSA) is 39.9 Å². The molecule has 22 heavy (non-hydrogen) atoms. The number of anilines is 1. The van der Waals surface area contributed by atoms with Gasteiger partial charge in [-0.05, 0) is 49.2 Å². The van der Waals surface area contributed by atoms with Crippen molar-refractivity contribution in [3.8, 4) is 17.3 Å². The summed E-state index contributed by atoms with van der Waals surface area (Å²) in [6.45, 7) is 1.88. The summed E-state index contributed by atoms with van der Waals surface area (Å²) < 4.78 is 13.1. The maximum atomic E-state index is 13.1. The SMILES string of the molecule is N#Cc1ccc(-c2ccc(F)cc2)nc1N1CCCCCC1. The number of nitrogens with zero attached hydrogens (tertiary/aromatic N) is 3. The molecule has 0 aliphatic carbocycles. The van der Waals surface area contributed by atoms with Gasteiger partial charge in [0.15, 0.2) is 0 Å². The monoisotopic (exact) mass is 295 g/mol. The summed E-state index contributed by atoms with van der Waals surface area (Å²) in [4.78, 5) is 6.90. The molecule has 112 valence electrons. The predicted octanol–water partition coefficient (Wildman–Crippen LogP) is 4.14. The maximum absolute atomic E-state index is 13.1. The van der Waals surface area contributed by atoms with E-state index in [0.717, 1.165) is 43.0 Å². The molecule has 2 aromatic rings. The first-order chi connectivity index (χ1) is 10.8. The molecule has 4 heteroatoms. The predicted molar refractivity (Wildman–Crippen MR) is 85.0 cm³/mol. The Kier molecular flexibility index (Phi) is 4.34. The number of rotatable bonds is 2. The van der Waals surface area contributed by atoms with Crippen LogP contribution >= 0.6 is 0 Å². The second-order valence-corrected chi connectivity index (χ2v) is 5.59. The fraction of sp³-hybridized carbons (Fsp3) is 0.333. The van der Waals surface area contributed by atoms with Crippen molar-refractivity contribution >= 4 is 5.82 Å². The third kappa shape index (κ3) is 3.09. The molecule has 1 saturated heterocycles. The summed E-state index contributed by atoms with van der Waals surface area (Å²) in [5.41, 5.74) is 2.24. The van der Waals surface area contributed by atoms with E-state index in [1.165, 1.54) is 25.0 Å². The van der Waals surface area contributed by atoms with Crippen LogP contribution in [0.1, 0.15) is 31.2 Å². The molecule has 0 bridgehead atoms. The number of pyridine rings is 1. The van der Waals surface area contributed by atoms with Crippen molar-refractivity contribution in [1.29, 1.82) is 5.26 Å². The van der Waals surface area contributed by atoms with Gasteiger partial charge in [-0.2, -0.15) is 5.26 Å². The van der Waals surface area contributed by atoms with Crippen LogP contribution in [0.3, 0.4) is 0 Å². The fourth-order valence-electron chi connectivity index (χ4n) is 2.84. The molecule has 0 radical (unpaired) electrons. The number of halogens is 1. The van der Waals surface area contributed by atoms with Gasteiger partial charge in [-0.3, -0.25) is 0 Å². The summed E-state index contributed by atoms with van der Waals surface area (Å²) in [6, 6.07) is 12.2. The molecule has 3 rings (SSSR count). The molecule has 0 atom stereocenters. The average molecular weight is 295 g/mol. The van der Waals surface area contributed by atoms with Gasteiger partial charge in [0.1, 0.15) is 17.7 Å². The molecule has 1 fully saturated rings. The summed E-state index contributed by atoms with van der Waals surface area (Å²) in [5.74, 6) is 0.497. The fourth-order valence-corrected chi connectivity index (χ4v) is 2.84. The van der Waals surface area contributed by atoms with Crippen molar-refractivity contribution < 1.29 is 4.39 Å². The highest BCUT2D eigenvalue weighted by molar-refractivity contribution is 5.65. The van der Waals surface area contributed by atoms with Crippen LogP contribution in [-0.2, 0) is 0 Å². The molecule has 1 aromatic carbocycles. The number of benzene rings is 1. The van der Waals surface area contributed by atoms with Crippen molar-refractivity contribution in [3.05, 3.63) is 47.8 Å². The first kappa shape index (κ1) is 14.5. The highest BCUT2D eigenvalue weighted by atomic mass is 19.1. The summed E-state index contributed by atoms with van der Waals surface area (Å²) in [5, 5.41) is 9.35. The zero-order valence-electron chi connectivity index (χ0n) is 12.4. The van der Waals surface area contributed by atoms with Gasteiger partial charge in [-0.15, -0.1) is 0 Å². The first-order valence-electron chi connectivity index (χ1n) is 7.70. The van der Waals surface area contributed by atoms with Crippen LogP contribution < -0.4 is 4.90 Å². The van der Waals surface area contributed by atoms with Crippen LogP contribution in [0.5, 0.6) is 0 Å². The molecule has 1 aliphatic rings. The van der Waals surface area contributed by atoms with E-state index in [-0.39, 0.29) is 5.82 Å². The zero-order valence-corrected chi connectivity index (χ0v) is 12.4. The molecule has 0 spiro atoms. The molecular formula is C18H18FN3. The smallest absolute Gasteiger partial charge is 0.147 e. The van der Waals surface area contributed by atoms with E-state index in [1.54, 1.807) is 12.1 Å². The van der Waals surface area contributed by atoms with Gasteiger partial charge in [0, 0.05) is 18.7 Å². The average Bonchev–Trinajstić information content (AvgIpc) is 2.84. The lowest BCUT2D eigenvalue weighted by Crippen LogP contribution is -2.26. The number of hydrogen-bond donors (Lipinski definition) is 0. The van der Waals surface area contributed by atoms with E-state index in [2.05, 4.69) is 16.0 Å². The van der Waals surface area contributed by atoms with Crippen LogP contribution in [0, 0.1) is 17.1 Å². The standard InChI is InChI=1S/C18H18FN3/c19-16-8-5-14(6-9-16)17-10-7-15(13-20)18(21-17)22-11-3-1-2-4-12-22/h5-10H,1-4,11-12H2. The van der Waals surface area contributed by atoms with Crippen LogP contribution in [0.15, 0.2) is 36.4 Å². The van der Waals surface area contributed by atoms with E-state index >= 15 is 0 Å². The molecule has 2 heterocycles. The Morgan fingerprint density at radius 1 is 0.955 bits per heavy atom. The summed E-state index contributed by atoms with van der Waals surface area (Å²) in [6.07, 6.45) is 4.73. The molecule has 1 aromatic heterocycles. The Morgan fingerprint density at radius 3 is 2.27 bits per heavy atom. The molecule has 0 saturated carbocycles. The van der Waals surface area contributed by atoms with Crippen molar-refractivity contribution in [2.45, 2.75) is 25.7 Å². The Balaban J connectivity index is 1.98. The Bertz CT molecular complexity index is 680. The van der Waals surface area contributed by atoms with Gasteiger partial charge in [0.2, 0.25) is 0 Å².